The number of carbonyl (C=O) groups excluding carboxylic acids is 1. The maximum Gasteiger partial charge on any atom is 0.260 e. The van der Waals surface area contributed by atoms with Crippen molar-refractivity contribution < 1.29 is 9.53 Å². The minimum absolute atomic E-state index is 0.105. The molecule has 2 aromatic rings. The Morgan fingerprint density at radius 2 is 1.95 bits per heavy atom. The van der Waals surface area contributed by atoms with Crippen molar-refractivity contribution in [3.05, 3.63) is 64.1 Å². The lowest BCUT2D eigenvalue weighted by molar-refractivity contribution is 0.0938. The molecule has 1 aromatic heterocycles. The molecule has 1 heterocycles. The number of aromatic amines is 1. The standard InChI is InChI=1S/C15H16N2O3/c1-10(11-5-7-12(20-2)8-6-11)17-15(19)13-4-3-9-16-14(13)18/h3-10H,1-2H3,(H,16,18)(H,17,19). The zero-order chi connectivity index (χ0) is 14.5. The Labute approximate surface area is 116 Å². The van der Waals surface area contributed by atoms with E-state index in [1.165, 1.54) is 12.3 Å². The third-order valence-electron chi connectivity index (χ3n) is 3.03. The molecule has 0 aliphatic rings. The molecule has 0 bridgehead atoms. The molecule has 0 aliphatic carbocycles. The van der Waals surface area contributed by atoms with E-state index in [1.54, 1.807) is 13.2 Å². The molecule has 20 heavy (non-hydrogen) atoms. The van der Waals surface area contributed by atoms with Gasteiger partial charge in [0, 0.05) is 6.20 Å². The van der Waals surface area contributed by atoms with E-state index in [-0.39, 0.29) is 11.6 Å². The third kappa shape index (κ3) is 3.06. The van der Waals surface area contributed by atoms with Gasteiger partial charge < -0.3 is 15.0 Å². The summed E-state index contributed by atoms with van der Waals surface area (Å²) in [5.74, 6) is 0.363. The fourth-order valence-corrected chi connectivity index (χ4v) is 1.85. The number of H-pyrrole nitrogens is 1. The van der Waals surface area contributed by atoms with Gasteiger partial charge in [-0.05, 0) is 36.8 Å². The van der Waals surface area contributed by atoms with Gasteiger partial charge in [0.25, 0.3) is 11.5 Å². The molecule has 5 nitrogen and oxygen atoms in total. The molecule has 1 atom stereocenters. The average molecular weight is 272 g/mol. The van der Waals surface area contributed by atoms with Crippen LogP contribution in [0.25, 0.3) is 0 Å². The van der Waals surface area contributed by atoms with E-state index in [0.29, 0.717) is 0 Å². The number of amides is 1. The van der Waals surface area contributed by atoms with Crippen LogP contribution in [-0.4, -0.2) is 18.0 Å². The Balaban J connectivity index is 2.11. The van der Waals surface area contributed by atoms with Crippen molar-refractivity contribution in [3.63, 3.8) is 0 Å². The minimum atomic E-state index is -0.396. The van der Waals surface area contributed by atoms with E-state index in [4.69, 9.17) is 4.74 Å². The van der Waals surface area contributed by atoms with Gasteiger partial charge in [0.15, 0.2) is 0 Å². The van der Waals surface area contributed by atoms with Crippen LogP contribution in [-0.2, 0) is 0 Å². The third-order valence-corrected chi connectivity index (χ3v) is 3.03. The van der Waals surface area contributed by atoms with Gasteiger partial charge in [0.2, 0.25) is 0 Å². The summed E-state index contributed by atoms with van der Waals surface area (Å²) in [6, 6.07) is 10.3. The van der Waals surface area contributed by atoms with Gasteiger partial charge in [-0.1, -0.05) is 12.1 Å². The molecular weight excluding hydrogens is 256 g/mol. The number of hydrogen-bond acceptors (Lipinski definition) is 3. The van der Waals surface area contributed by atoms with Crippen LogP contribution >= 0.6 is 0 Å². The zero-order valence-electron chi connectivity index (χ0n) is 11.3. The number of nitrogens with one attached hydrogen (secondary N) is 2. The zero-order valence-corrected chi connectivity index (χ0v) is 11.3. The number of benzene rings is 1. The molecule has 1 unspecified atom stereocenters. The van der Waals surface area contributed by atoms with Crippen LogP contribution in [0.2, 0.25) is 0 Å². The van der Waals surface area contributed by atoms with Crippen LogP contribution in [0.5, 0.6) is 5.75 Å². The largest absolute Gasteiger partial charge is 0.497 e. The molecule has 104 valence electrons. The lowest BCUT2D eigenvalue weighted by Crippen LogP contribution is -2.31. The van der Waals surface area contributed by atoms with E-state index in [9.17, 15) is 9.59 Å². The number of methoxy groups -OCH3 is 1. The van der Waals surface area contributed by atoms with E-state index >= 15 is 0 Å². The number of ether oxygens (including phenoxy) is 1. The van der Waals surface area contributed by atoms with Crippen LogP contribution in [0, 0.1) is 0 Å². The van der Waals surface area contributed by atoms with Crippen molar-refractivity contribution in [2.24, 2.45) is 0 Å². The highest BCUT2D eigenvalue weighted by Gasteiger charge is 2.13. The van der Waals surface area contributed by atoms with Crippen molar-refractivity contribution in [1.82, 2.24) is 10.3 Å². The number of carbonyl (C=O) groups is 1. The van der Waals surface area contributed by atoms with E-state index in [1.807, 2.05) is 31.2 Å². The second kappa shape index (κ2) is 6.06. The molecule has 5 heteroatoms. The summed E-state index contributed by atoms with van der Waals surface area (Å²) in [6.07, 6.45) is 1.49. The van der Waals surface area contributed by atoms with E-state index in [0.717, 1.165) is 11.3 Å². The van der Waals surface area contributed by atoms with Crippen molar-refractivity contribution in [2.45, 2.75) is 13.0 Å². The fourth-order valence-electron chi connectivity index (χ4n) is 1.85. The highest BCUT2D eigenvalue weighted by atomic mass is 16.5. The summed E-state index contributed by atoms with van der Waals surface area (Å²) in [6.45, 7) is 1.86. The van der Waals surface area contributed by atoms with Crippen molar-refractivity contribution in [3.8, 4) is 5.75 Å². The molecule has 2 N–H and O–H groups in total. The van der Waals surface area contributed by atoms with Gasteiger partial charge in [-0.2, -0.15) is 0 Å². The average Bonchev–Trinajstić information content (AvgIpc) is 2.47. The van der Waals surface area contributed by atoms with Gasteiger partial charge >= 0.3 is 0 Å². The van der Waals surface area contributed by atoms with Crippen LogP contribution in [0.4, 0.5) is 0 Å². The number of hydrogen-bond donors (Lipinski definition) is 2. The molecule has 0 saturated carbocycles. The quantitative estimate of drug-likeness (QED) is 0.892. The Bertz CT molecular complexity index is 647. The normalized spacial score (nSPS) is 11.7. The molecule has 0 saturated heterocycles. The van der Waals surface area contributed by atoms with Crippen molar-refractivity contribution in [2.75, 3.05) is 7.11 Å². The van der Waals surface area contributed by atoms with Crippen LogP contribution in [0.15, 0.2) is 47.4 Å². The first-order valence-electron chi connectivity index (χ1n) is 6.24. The van der Waals surface area contributed by atoms with Gasteiger partial charge in [-0.3, -0.25) is 9.59 Å². The minimum Gasteiger partial charge on any atom is -0.497 e. The molecular formula is C15H16N2O3. The SMILES string of the molecule is COc1ccc(C(C)NC(=O)c2ccc[nH]c2=O)cc1. The molecule has 0 aliphatic heterocycles. The second-order valence-corrected chi connectivity index (χ2v) is 4.38. The topological polar surface area (TPSA) is 71.2 Å². The second-order valence-electron chi connectivity index (χ2n) is 4.38. The summed E-state index contributed by atoms with van der Waals surface area (Å²) in [5.41, 5.74) is 0.645. The Kier molecular flexibility index (Phi) is 4.20. The van der Waals surface area contributed by atoms with Crippen LogP contribution < -0.4 is 15.6 Å². The monoisotopic (exact) mass is 272 g/mol. The molecule has 2 rings (SSSR count). The fraction of sp³-hybridized carbons (Fsp3) is 0.200. The van der Waals surface area contributed by atoms with Crippen molar-refractivity contribution in [1.29, 1.82) is 0 Å². The molecule has 1 amide bonds. The highest BCUT2D eigenvalue weighted by Crippen LogP contribution is 2.17. The lowest BCUT2D eigenvalue weighted by atomic mass is 10.1. The van der Waals surface area contributed by atoms with Gasteiger partial charge in [-0.25, -0.2) is 0 Å². The van der Waals surface area contributed by atoms with Gasteiger partial charge in [0.05, 0.1) is 13.2 Å². The summed E-state index contributed by atoms with van der Waals surface area (Å²) in [5, 5.41) is 2.79. The summed E-state index contributed by atoms with van der Waals surface area (Å²) >= 11 is 0. The van der Waals surface area contributed by atoms with Gasteiger partial charge in [0.1, 0.15) is 11.3 Å². The predicted molar refractivity (Wildman–Crippen MR) is 75.9 cm³/mol. The van der Waals surface area contributed by atoms with E-state index < -0.39 is 11.5 Å². The Morgan fingerprint density at radius 3 is 2.55 bits per heavy atom. The smallest absolute Gasteiger partial charge is 0.260 e. The molecule has 0 radical (unpaired) electrons. The van der Waals surface area contributed by atoms with E-state index in [2.05, 4.69) is 10.3 Å². The number of aromatic nitrogens is 1. The van der Waals surface area contributed by atoms with Crippen LogP contribution in [0.3, 0.4) is 0 Å². The number of pyridine rings is 1. The number of rotatable bonds is 4. The summed E-state index contributed by atoms with van der Waals surface area (Å²) in [4.78, 5) is 26.0. The summed E-state index contributed by atoms with van der Waals surface area (Å²) in [7, 11) is 1.60. The lowest BCUT2D eigenvalue weighted by Gasteiger charge is -2.14. The first-order valence-corrected chi connectivity index (χ1v) is 6.24. The summed E-state index contributed by atoms with van der Waals surface area (Å²) < 4.78 is 5.08. The maximum atomic E-state index is 12.0. The highest BCUT2D eigenvalue weighted by molar-refractivity contribution is 5.93. The van der Waals surface area contributed by atoms with Crippen molar-refractivity contribution >= 4 is 5.91 Å². The Morgan fingerprint density at radius 1 is 1.25 bits per heavy atom. The molecule has 0 fully saturated rings. The first kappa shape index (κ1) is 13.9. The molecule has 1 aromatic carbocycles. The van der Waals surface area contributed by atoms with Gasteiger partial charge in [-0.15, -0.1) is 0 Å². The first-order chi connectivity index (χ1) is 9.61. The van der Waals surface area contributed by atoms with Crippen LogP contribution in [0.1, 0.15) is 28.9 Å². The molecule has 0 spiro atoms. The Hall–Kier alpha value is -2.56. The maximum absolute atomic E-state index is 12.0. The predicted octanol–water partition coefficient (Wildman–Crippen LogP) is 1.87.